The number of aliphatic carboxylic acids is 1. The van der Waals surface area contributed by atoms with Crippen LogP contribution >= 0.6 is 11.3 Å². The van der Waals surface area contributed by atoms with Gasteiger partial charge in [-0.2, -0.15) is 17.4 Å². The molecule has 0 spiro atoms. The van der Waals surface area contributed by atoms with Crippen LogP contribution in [0.25, 0.3) is 0 Å². The van der Waals surface area contributed by atoms with Crippen LogP contribution in [0.1, 0.15) is 18.7 Å². The Labute approximate surface area is 127 Å². The maximum absolute atomic E-state index is 11.0. The van der Waals surface area contributed by atoms with E-state index in [1.54, 1.807) is 0 Å². The Kier molecular flexibility index (Phi) is 7.74. The van der Waals surface area contributed by atoms with Gasteiger partial charge < -0.3 is 10.1 Å². The summed E-state index contributed by atoms with van der Waals surface area (Å²) in [5.74, 6) is 4.68. The molecule has 17 heavy (non-hydrogen) atoms. The van der Waals surface area contributed by atoms with Crippen LogP contribution in [-0.2, 0) is 4.79 Å². The molecule has 0 aliphatic carbocycles. The zero-order chi connectivity index (χ0) is 12.1. The molecule has 0 saturated carbocycles. The van der Waals surface area contributed by atoms with E-state index in [4.69, 9.17) is 10.9 Å². The molecule has 88 valence electrons. The van der Waals surface area contributed by atoms with E-state index in [1.165, 1.54) is 22.5 Å². The number of carboxylic acids is 1. The number of nitrogens with zero attached hydrogens (tertiary/aromatic N) is 1. The average molecular weight is 262 g/mol. The zero-order valence-corrected chi connectivity index (χ0v) is 13.1. The summed E-state index contributed by atoms with van der Waals surface area (Å²) in [6, 6.07) is 3.06. The van der Waals surface area contributed by atoms with Crippen molar-refractivity contribution in [2.24, 2.45) is 11.8 Å². The molecule has 6 heteroatoms. The van der Waals surface area contributed by atoms with Crippen LogP contribution in [-0.4, -0.2) is 22.1 Å². The predicted octanol–water partition coefficient (Wildman–Crippen LogP) is -1.30. The number of hydrogen-bond acceptors (Lipinski definition) is 4. The minimum absolute atomic E-state index is 0. The van der Waals surface area contributed by atoms with Crippen molar-refractivity contribution in [3.05, 3.63) is 34.7 Å². The molecule has 1 unspecified atom stereocenters. The Morgan fingerprint density at radius 1 is 1.65 bits per heavy atom. The molecule has 0 bridgehead atoms. The van der Waals surface area contributed by atoms with Crippen LogP contribution in [0.3, 0.4) is 0 Å². The Morgan fingerprint density at radius 2 is 2.29 bits per heavy atom. The molecule has 0 aromatic carbocycles. The van der Waals surface area contributed by atoms with E-state index in [0.717, 1.165) is 4.88 Å². The van der Waals surface area contributed by atoms with Crippen molar-refractivity contribution in [1.82, 2.24) is 5.01 Å². The Bertz CT molecular complexity index is 366. The summed E-state index contributed by atoms with van der Waals surface area (Å²) in [6.07, 6.45) is 4.42. The minimum atomic E-state index is -0.929. The Balaban J connectivity index is 0.00000256. The third kappa shape index (κ3) is 5.23. The minimum Gasteiger partial charge on any atom is -0.480 e. The molecular weight excluding hydrogens is 247 g/mol. The molecule has 0 radical (unpaired) electrons. The van der Waals surface area contributed by atoms with E-state index in [-0.39, 0.29) is 35.5 Å². The molecule has 1 atom stereocenters. The van der Waals surface area contributed by atoms with Crippen LogP contribution < -0.4 is 35.4 Å². The SMILES string of the molecule is CC(C)C(C(=O)O)N(N)C=[C-]c1cccs1.[Na+]. The van der Waals surface area contributed by atoms with Crippen LogP contribution in [0.5, 0.6) is 0 Å². The molecule has 1 heterocycles. The Hall–Kier alpha value is -0.330. The van der Waals surface area contributed by atoms with Crippen LogP contribution in [0, 0.1) is 12.0 Å². The summed E-state index contributed by atoms with van der Waals surface area (Å²) in [5.41, 5.74) is 0. The summed E-state index contributed by atoms with van der Waals surface area (Å²) in [4.78, 5) is 11.9. The monoisotopic (exact) mass is 262 g/mol. The van der Waals surface area contributed by atoms with Crippen molar-refractivity contribution in [2.75, 3.05) is 0 Å². The second-order valence-corrected chi connectivity index (χ2v) is 4.67. The molecule has 0 aliphatic heterocycles. The fourth-order valence-corrected chi connectivity index (χ4v) is 1.92. The van der Waals surface area contributed by atoms with Gasteiger partial charge in [-0.1, -0.05) is 20.0 Å². The van der Waals surface area contributed by atoms with E-state index >= 15 is 0 Å². The number of nitrogens with two attached hydrogens (primary N) is 1. The maximum Gasteiger partial charge on any atom is 1.00 e. The number of hydrogen-bond donors (Lipinski definition) is 2. The number of hydrazine groups is 1. The summed E-state index contributed by atoms with van der Waals surface area (Å²) >= 11 is 1.52. The van der Waals surface area contributed by atoms with Crippen molar-refractivity contribution >= 4 is 17.3 Å². The van der Waals surface area contributed by atoms with Gasteiger partial charge in [0.15, 0.2) is 0 Å². The van der Waals surface area contributed by atoms with Gasteiger partial charge in [0, 0.05) is 0 Å². The molecule has 1 aromatic rings. The second kappa shape index (κ2) is 7.89. The smallest absolute Gasteiger partial charge is 0.480 e. The molecule has 1 aromatic heterocycles. The first kappa shape index (κ1) is 16.7. The first-order valence-corrected chi connectivity index (χ1v) is 5.79. The van der Waals surface area contributed by atoms with Gasteiger partial charge in [0.1, 0.15) is 6.04 Å². The third-order valence-corrected chi connectivity index (χ3v) is 2.88. The summed E-state index contributed by atoms with van der Waals surface area (Å²) in [6.45, 7) is 3.63. The number of carboxylic acid groups (broad SMARTS) is 1. The van der Waals surface area contributed by atoms with Crippen LogP contribution in [0.15, 0.2) is 23.7 Å². The van der Waals surface area contributed by atoms with Crippen molar-refractivity contribution in [3.63, 3.8) is 0 Å². The van der Waals surface area contributed by atoms with E-state index in [0.29, 0.717) is 0 Å². The number of thiophene rings is 1. The molecule has 0 fully saturated rings. The normalized spacial score (nSPS) is 12.5. The third-order valence-electron chi connectivity index (χ3n) is 2.08. The van der Waals surface area contributed by atoms with Gasteiger partial charge in [-0.25, -0.2) is 16.7 Å². The predicted molar refractivity (Wildman–Crippen MR) is 63.5 cm³/mol. The summed E-state index contributed by atoms with van der Waals surface area (Å²) in [7, 11) is 0. The zero-order valence-electron chi connectivity index (χ0n) is 10.3. The van der Waals surface area contributed by atoms with Crippen LogP contribution in [0.4, 0.5) is 0 Å². The van der Waals surface area contributed by atoms with Gasteiger partial charge in [0.2, 0.25) is 0 Å². The van der Waals surface area contributed by atoms with Crippen molar-refractivity contribution < 1.29 is 39.5 Å². The topological polar surface area (TPSA) is 66.6 Å². The van der Waals surface area contributed by atoms with E-state index < -0.39 is 12.0 Å². The van der Waals surface area contributed by atoms with Crippen molar-refractivity contribution in [2.45, 2.75) is 19.9 Å². The quantitative estimate of drug-likeness (QED) is 0.300. The number of carbonyl (C=O) groups is 1. The molecule has 4 nitrogen and oxygen atoms in total. The first-order chi connectivity index (χ1) is 7.52. The van der Waals surface area contributed by atoms with Crippen LogP contribution in [0.2, 0.25) is 0 Å². The van der Waals surface area contributed by atoms with E-state index in [9.17, 15) is 4.79 Å². The van der Waals surface area contributed by atoms with Gasteiger partial charge in [-0.05, 0) is 11.3 Å². The second-order valence-electron chi connectivity index (χ2n) is 3.73. The standard InChI is InChI=1S/C11H15N2O2S.Na/c1-8(2)10(11(14)15)13(12)6-5-9-4-3-7-16-9;/h3-4,6-8,10H,12H2,1-2H3,(H,14,15);/q-1;+1. The molecule has 1 rings (SSSR count). The Morgan fingerprint density at radius 3 is 2.71 bits per heavy atom. The fourth-order valence-electron chi connectivity index (χ4n) is 1.34. The largest absolute Gasteiger partial charge is 1.00 e. The maximum atomic E-state index is 11.0. The van der Waals surface area contributed by atoms with Gasteiger partial charge >= 0.3 is 35.5 Å². The summed E-state index contributed by atoms with van der Waals surface area (Å²) in [5, 5.41) is 12.1. The first-order valence-electron chi connectivity index (χ1n) is 4.91. The van der Waals surface area contributed by atoms with E-state index in [1.807, 2.05) is 31.4 Å². The molecule has 0 amide bonds. The molecule has 3 N–H and O–H groups in total. The molecular formula is C11H15N2NaO2S. The average Bonchev–Trinajstić information content (AvgIpc) is 2.65. The molecule has 0 saturated heterocycles. The van der Waals surface area contributed by atoms with Gasteiger partial charge in [-0.3, -0.25) is 0 Å². The van der Waals surface area contributed by atoms with E-state index in [2.05, 4.69) is 6.08 Å². The fraction of sp³-hybridized carbons (Fsp3) is 0.364. The van der Waals surface area contributed by atoms with Gasteiger partial charge in [0.05, 0.1) is 0 Å². The summed E-state index contributed by atoms with van der Waals surface area (Å²) < 4.78 is 0. The van der Waals surface area contributed by atoms with Gasteiger partial charge in [0.25, 0.3) is 0 Å². The number of rotatable bonds is 5. The van der Waals surface area contributed by atoms with Crippen molar-refractivity contribution in [1.29, 1.82) is 0 Å². The van der Waals surface area contributed by atoms with Crippen molar-refractivity contribution in [3.8, 4) is 0 Å². The molecule has 0 aliphatic rings. The van der Waals surface area contributed by atoms with Gasteiger partial charge in [-0.15, -0.1) is 10.9 Å².